The van der Waals surface area contributed by atoms with Gasteiger partial charge in [0.05, 0.1) is 11.7 Å². The van der Waals surface area contributed by atoms with E-state index in [1.54, 1.807) is 0 Å². The van der Waals surface area contributed by atoms with Crippen LogP contribution < -0.4 is 0 Å². The highest BCUT2D eigenvalue weighted by Gasteiger charge is 2.57. The van der Waals surface area contributed by atoms with Gasteiger partial charge in [-0.25, -0.2) is 0 Å². The molecule has 0 aromatic heterocycles. The number of ketones is 1. The first-order valence-electron chi connectivity index (χ1n) is 5.55. The van der Waals surface area contributed by atoms with Gasteiger partial charge in [0.1, 0.15) is 0 Å². The maximum atomic E-state index is 11.9. The van der Waals surface area contributed by atoms with E-state index in [2.05, 4.69) is 13.8 Å². The molecule has 0 amide bonds. The van der Waals surface area contributed by atoms with Crippen LogP contribution in [0.2, 0.25) is 0 Å². The minimum Gasteiger partial charge on any atom is -0.366 e. The van der Waals surface area contributed by atoms with Crippen molar-refractivity contribution in [1.29, 1.82) is 0 Å². The standard InChI is InChI=1S/C12H16O2/c1-7-3-4-12-8(2)5-9(14-12)6-10(13)11(7)12/h8-9H,3-6H2,1-2H3/t8-,9-,12+/m0/s1. The summed E-state index contributed by atoms with van der Waals surface area (Å²) >= 11 is 0. The lowest BCUT2D eigenvalue weighted by Gasteiger charge is -2.34. The Morgan fingerprint density at radius 2 is 2.29 bits per heavy atom. The summed E-state index contributed by atoms with van der Waals surface area (Å²) in [5.41, 5.74) is 2.16. The highest BCUT2D eigenvalue weighted by Crippen LogP contribution is 2.54. The molecule has 0 saturated carbocycles. The van der Waals surface area contributed by atoms with E-state index < -0.39 is 0 Å². The van der Waals surface area contributed by atoms with Gasteiger partial charge in [-0.1, -0.05) is 12.5 Å². The number of hydrogen-bond acceptors (Lipinski definition) is 2. The number of carbonyl (C=O) groups is 1. The Kier molecular flexibility index (Phi) is 1.54. The summed E-state index contributed by atoms with van der Waals surface area (Å²) in [4.78, 5) is 11.9. The summed E-state index contributed by atoms with van der Waals surface area (Å²) < 4.78 is 6.08. The van der Waals surface area contributed by atoms with Crippen molar-refractivity contribution in [3.05, 3.63) is 11.1 Å². The van der Waals surface area contributed by atoms with Crippen LogP contribution in [0.4, 0.5) is 0 Å². The molecule has 3 rings (SSSR count). The Morgan fingerprint density at radius 3 is 3.07 bits per heavy atom. The summed E-state index contributed by atoms with van der Waals surface area (Å²) in [7, 11) is 0. The lowest BCUT2D eigenvalue weighted by Crippen LogP contribution is -2.41. The quantitative estimate of drug-likeness (QED) is 0.588. The molecule has 2 fully saturated rings. The fourth-order valence-electron chi connectivity index (χ4n) is 3.55. The van der Waals surface area contributed by atoms with Crippen molar-refractivity contribution in [3.63, 3.8) is 0 Å². The smallest absolute Gasteiger partial charge is 0.164 e. The number of Topliss-reactive ketones (excluding diaryl/α,β-unsaturated/α-hetero) is 1. The number of allylic oxidation sites excluding steroid dienone is 1. The van der Waals surface area contributed by atoms with E-state index in [0.717, 1.165) is 24.8 Å². The van der Waals surface area contributed by atoms with Crippen molar-refractivity contribution < 1.29 is 9.53 Å². The van der Waals surface area contributed by atoms with Gasteiger partial charge in [-0.3, -0.25) is 4.79 Å². The van der Waals surface area contributed by atoms with Crippen LogP contribution in [0, 0.1) is 5.92 Å². The summed E-state index contributed by atoms with van der Waals surface area (Å²) in [5, 5.41) is 0. The van der Waals surface area contributed by atoms with E-state index in [-0.39, 0.29) is 11.7 Å². The molecule has 2 bridgehead atoms. The molecule has 3 aliphatic rings. The zero-order valence-corrected chi connectivity index (χ0v) is 8.80. The zero-order valence-electron chi connectivity index (χ0n) is 8.80. The fraction of sp³-hybridized carbons (Fsp3) is 0.750. The number of carbonyl (C=O) groups excluding carboxylic acids is 1. The number of ether oxygens (including phenoxy) is 1. The van der Waals surface area contributed by atoms with Crippen LogP contribution in [0.3, 0.4) is 0 Å². The van der Waals surface area contributed by atoms with Gasteiger partial charge in [-0.15, -0.1) is 0 Å². The van der Waals surface area contributed by atoms with Gasteiger partial charge in [0.25, 0.3) is 0 Å². The third-order valence-electron chi connectivity index (χ3n) is 4.20. The Labute approximate surface area is 84.3 Å². The van der Waals surface area contributed by atoms with Gasteiger partial charge >= 0.3 is 0 Å². The molecule has 2 nitrogen and oxygen atoms in total. The first-order valence-corrected chi connectivity index (χ1v) is 5.55. The van der Waals surface area contributed by atoms with Crippen LogP contribution in [0.15, 0.2) is 11.1 Å². The van der Waals surface area contributed by atoms with E-state index in [4.69, 9.17) is 4.74 Å². The average molecular weight is 192 g/mol. The second-order valence-corrected chi connectivity index (χ2v) is 5.05. The van der Waals surface area contributed by atoms with Crippen LogP contribution in [0.25, 0.3) is 0 Å². The van der Waals surface area contributed by atoms with Crippen molar-refractivity contribution in [1.82, 2.24) is 0 Å². The molecule has 76 valence electrons. The lowest BCUT2D eigenvalue weighted by atomic mass is 9.82. The minimum atomic E-state index is -0.163. The van der Waals surface area contributed by atoms with E-state index in [1.807, 2.05) is 0 Å². The van der Waals surface area contributed by atoms with Crippen LogP contribution in [-0.2, 0) is 9.53 Å². The minimum absolute atomic E-state index is 0.163. The lowest BCUT2D eigenvalue weighted by molar-refractivity contribution is -0.129. The highest BCUT2D eigenvalue weighted by molar-refractivity contribution is 6.00. The van der Waals surface area contributed by atoms with Gasteiger partial charge < -0.3 is 4.74 Å². The van der Waals surface area contributed by atoms with Crippen LogP contribution >= 0.6 is 0 Å². The molecule has 2 heterocycles. The van der Waals surface area contributed by atoms with E-state index in [1.165, 1.54) is 5.57 Å². The Balaban J connectivity index is 2.16. The Hall–Kier alpha value is -0.630. The first-order chi connectivity index (χ1) is 6.63. The second-order valence-electron chi connectivity index (χ2n) is 5.05. The fourth-order valence-corrected chi connectivity index (χ4v) is 3.55. The molecule has 0 N–H and O–H groups in total. The third kappa shape index (κ3) is 0.830. The van der Waals surface area contributed by atoms with Gasteiger partial charge in [0.15, 0.2) is 5.78 Å². The van der Waals surface area contributed by atoms with Crippen molar-refractivity contribution in [2.45, 2.75) is 51.2 Å². The molecule has 14 heavy (non-hydrogen) atoms. The van der Waals surface area contributed by atoms with E-state index in [0.29, 0.717) is 18.1 Å². The molecule has 1 aliphatic carbocycles. The summed E-state index contributed by atoms with van der Waals surface area (Å²) in [6.07, 6.45) is 4.00. The molecule has 2 saturated heterocycles. The summed E-state index contributed by atoms with van der Waals surface area (Å²) in [5.74, 6) is 0.895. The van der Waals surface area contributed by atoms with Crippen molar-refractivity contribution in [2.75, 3.05) is 0 Å². The average Bonchev–Trinajstić information content (AvgIpc) is 2.55. The third-order valence-corrected chi connectivity index (χ3v) is 4.20. The van der Waals surface area contributed by atoms with Gasteiger partial charge in [0.2, 0.25) is 0 Å². The van der Waals surface area contributed by atoms with E-state index >= 15 is 0 Å². The molecular weight excluding hydrogens is 176 g/mol. The number of fused-ring (bicyclic) bond motifs is 1. The maximum absolute atomic E-state index is 11.9. The van der Waals surface area contributed by atoms with Crippen molar-refractivity contribution >= 4 is 5.78 Å². The second kappa shape index (κ2) is 2.48. The summed E-state index contributed by atoms with van der Waals surface area (Å²) in [6.45, 7) is 4.33. The van der Waals surface area contributed by atoms with Gasteiger partial charge in [-0.2, -0.15) is 0 Å². The van der Waals surface area contributed by atoms with Crippen LogP contribution in [-0.4, -0.2) is 17.5 Å². The molecular formula is C12H16O2. The van der Waals surface area contributed by atoms with E-state index in [9.17, 15) is 4.79 Å². The molecule has 0 radical (unpaired) electrons. The molecule has 2 heteroatoms. The summed E-state index contributed by atoms with van der Waals surface area (Å²) in [6, 6.07) is 0. The molecule has 0 aromatic carbocycles. The topological polar surface area (TPSA) is 26.3 Å². The Bertz CT molecular complexity index is 342. The highest BCUT2D eigenvalue weighted by atomic mass is 16.5. The molecule has 0 unspecified atom stereocenters. The van der Waals surface area contributed by atoms with Gasteiger partial charge in [-0.05, 0) is 32.1 Å². The first kappa shape index (κ1) is 8.66. The predicted molar refractivity (Wildman–Crippen MR) is 52.9 cm³/mol. The normalized spacial score (nSPS) is 46.0. The Morgan fingerprint density at radius 1 is 1.50 bits per heavy atom. The van der Waals surface area contributed by atoms with Gasteiger partial charge in [0, 0.05) is 12.0 Å². The number of hydrogen-bond donors (Lipinski definition) is 0. The molecule has 0 aromatic rings. The zero-order chi connectivity index (χ0) is 9.92. The predicted octanol–water partition coefficient (Wildman–Crippen LogP) is 2.23. The van der Waals surface area contributed by atoms with Crippen molar-refractivity contribution in [3.8, 4) is 0 Å². The SMILES string of the molecule is CC1=C2C(=O)C[C@@H]3C[C@H](C)[C@@]2(CC1)O3. The van der Waals surface area contributed by atoms with Crippen molar-refractivity contribution in [2.24, 2.45) is 5.92 Å². The molecule has 2 aliphatic heterocycles. The largest absolute Gasteiger partial charge is 0.366 e. The molecule has 3 atom stereocenters. The monoisotopic (exact) mass is 192 g/mol. The molecule has 1 spiro atoms. The van der Waals surface area contributed by atoms with Crippen LogP contribution in [0.5, 0.6) is 0 Å². The number of rotatable bonds is 0. The van der Waals surface area contributed by atoms with Crippen LogP contribution in [0.1, 0.15) is 39.5 Å². The maximum Gasteiger partial charge on any atom is 0.164 e.